The van der Waals surface area contributed by atoms with Gasteiger partial charge in [0.15, 0.2) is 0 Å². The molecule has 1 aromatic heterocycles. The van der Waals surface area contributed by atoms with Crippen LogP contribution in [-0.4, -0.2) is 22.2 Å². The molecule has 0 amide bonds. The van der Waals surface area contributed by atoms with Gasteiger partial charge in [-0.25, -0.2) is 0 Å². The summed E-state index contributed by atoms with van der Waals surface area (Å²) in [6.45, 7) is 0. The Bertz CT molecular complexity index is 344. The molecule has 76 valence electrons. The molecule has 0 aromatic carbocycles. The maximum absolute atomic E-state index is 12.1. The molecule has 0 fully saturated rings. The van der Waals surface area contributed by atoms with Crippen molar-refractivity contribution in [3.63, 3.8) is 0 Å². The first kappa shape index (κ1) is 11.3. The zero-order chi connectivity index (χ0) is 10.9. The van der Waals surface area contributed by atoms with E-state index in [1.54, 1.807) is 0 Å². The van der Waals surface area contributed by atoms with Crippen molar-refractivity contribution < 1.29 is 23.2 Å². The van der Waals surface area contributed by atoms with Crippen molar-refractivity contribution in [3.05, 3.63) is 23.0 Å². The normalized spacial score (nSPS) is 11.6. The standard InChI is InChI=1S/C6H4BClF3NO2/c8-4-1-5(6(9,10)11)12-2-3(4)7(13)14/h1-2,13-14H. The van der Waals surface area contributed by atoms with Gasteiger partial charge in [0.25, 0.3) is 0 Å². The Balaban J connectivity index is 3.13. The molecule has 0 aliphatic carbocycles. The third-order valence-electron chi connectivity index (χ3n) is 1.45. The van der Waals surface area contributed by atoms with Gasteiger partial charge in [-0.3, -0.25) is 4.98 Å². The number of alkyl halides is 3. The first-order chi connectivity index (χ1) is 6.32. The quantitative estimate of drug-likeness (QED) is 0.682. The van der Waals surface area contributed by atoms with Crippen LogP contribution in [0.25, 0.3) is 0 Å². The molecule has 0 saturated carbocycles. The van der Waals surface area contributed by atoms with Crippen LogP contribution in [0.15, 0.2) is 12.3 Å². The lowest BCUT2D eigenvalue weighted by atomic mass is 9.81. The highest BCUT2D eigenvalue weighted by Crippen LogP contribution is 2.28. The summed E-state index contributed by atoms with van der Waals surface area (Å²) in [5.74, 6) is 0. The fourth-order valence-corrected chi connectivity index (χ4v) is 1.04. The number of hydrogen-bond donors (Lipinski definition) is 2. The Morgan fingerprint density at radius 2 is 1.93 bits per heavy atom. The molecule has 0 spiro atoms. The Kier molecular flexibility index (Phi) is 3.03. The molecule has 0 bridgehead atoms. The fraction of sp³-hybridized carbons (Fsp3) is 0.167. The van der Waals surface area contributed by atoms with E-state index in [0.717, 1.165) is 0 Å². The second kappa shape index (κ2) is 3.76. The number of halogens is 4. The second-order valence-corrected chi connectivity index (χ2v) is 2.87. The topological polar surface area (TPSA) is 53.4 Å². The molecule has 1 heterocycles. The summed E-state index contributed by atoms with van der Waals surface area (Å²) in [5, 5.41) is 16.9. The molecule has 0 aliphatic rings. The minimum absolute atomic E-state index is 0.264. The van der Waals surface area contributed by atoms with Crippen LogP contribution < -0.4 is 5.46 Å². The monoisotopic (exact) mass is 225 g/mol. The summed E-state index contributed by atoms with van der Waals surface area (Å²) >= 11 is 5.37. The summed E-state index contributed by atoms with van der Waals surface area (Å²) in [7, 11) is -1.93. The molecule has 8 heteroatoms. The average Bonchev–Trinajstić information content (AvgIpc) is 2.01. The summed E-state index contributed by atoms with van der Waals surface area (Å²) in [4.78, 5) is 3.00. The van der Waals surface area contributed by atoms with E-state index in [2.05, 4.69) is 4.98 Å². The molecule has 1 rings (SSSR count). The average molecular weight is 225 g/mol. The number of aromatic nitrogens is 1. The van der Waals surface area contributed by atoms with E-state index in [1.807, 2.05) is 0 Å². The number of hydrogen-bond acceptors (Lipinski definition) is 3. The van der Waals surface area contributed by atoms with Gasteiger partial charge in [-0.05, 0) is 6.07 Å². The van der Waals surface area contributed by atoms with Crippen LogP contribution in [0.3, 0.4) is 0 Å². The Hall–Kier alpha value is -0.785. The molecule has 3 nitrogen and oxygen atoms in total. The summed E-state index contributed by atoms with van der Waals surface area (Å²) in [5.41, 5.74) is -1.44. The van der Waals surface area contributed by atoms with E-state index in [9.17, 15) is 13.2 Å². The van der Waals surface area contributed by atoms with Gasteiger partial charge in [-0.2, -0.15) is 13.2 Å². The molecule has 0 saturated heterocycles. The second-order valence-electron chi connectivity index (χ2n) is 2.46. The van der Waals surface area contributed by atoms with Crippen molar-refractivity contribution in [1.29, 1.82) is 0 Å². The smallest absolute Gasteiger partial charge is 0.423 e. The van der Waals surface area contributed by atoms with E-state index in [0.29, 0.717) is 12.3 Å². The van der Waals surface area contributed by atoms with Crippen LogP contribution >= 0.6 is 11.6 Å². The van der Waals surface area contributed by atoms with Crippen molar-refractivity contribution >= 4 is 24.2 Å². The molecular weight excluding hydrogens is 221 g/mol. The SMILES string of the molecule is OB(O)c1cnc(C(F)(F)F)cc1Cl. The van der Waals surface area contributed by atoms with Crippen molar-refractivity contribution in [2.24, 2.45) is 0 Å². The van der Waals surface area contributed by atoms with Gasteiger partial charge in [0.1, 0.15) is 5.69 Å². The first-order valence-electron chi connectivity index (χ1n) is 3.41. The maximum Gasteiger partial charge on any atom is 0.491 e. The van der Waals surface area contributed by atoms with E-state index >= 15 is 0 Å². The summed E-state index contributed by atoms with van der Waals surface area (Å²) in [6, 6.07) is 0.538. The Labute approximate surface area is 82.3 Å². The predicted octanol–water partition coefficient (Wildman–Crippen LogP) is 0.434. The van der Waals surface area contributed by atoms with Crippen LogP contribution in [0, 0.1) is 0 Å². The fourth-order valence-electron chi connectivity index (χ4n) is 0.786. The molecule has 14 heavy (non-hydrogen) atoms. The third-order valence-corrected chi connectivity index (χ3v) is 1.78. The number of nitrogens with zero attached hydrogens (tertiary/aromatic N) is 1. The lowest BCUT2D eigenvalue weighted by Gasteiger charge is -2.07. The van der Waals surface area contributed by atoms with Gasteiger partial charge >= 0.3 is 13.3 Å². The first-order valence-corrected chi connectivity index (χ1v) is 3.79. The molecule has 0 radical (unpaired) electrons. The minimum atomic E-state index is -4.59. The van der Waals surface area contributed by atoms with Crippen LogP contribution in [-0.2, 0) is 6.18 Å². The molecule has 1 aromatic rings. The van der Waals surface area contributed by atoms with Gasteiger partial charge in [-0.15, -0.1) is 0 Å². The highest BCUT2D eigenvalue weighted by Gasteiger charge is 2.33. The van der Waals surface area contributed by atoms with Crippen molar-refractivity contribution in [2.75, 3.05) is 0 Å². The zero-order valence-corrected chi connectivity index (χ0v) is 7.34. The van der Waals surface area contributed by atoms with Gasteiger partial charge in [0.2, 0.25) is 0 Å². The lowest BCUT2D eigenvalue weighted by molar-refractivity contribution is -0.141. The number of pyridine rings is 1. The van der Waals surface area contributed by atoms with Gasteiger partial charge in [0.05, 0.1) is 0 Å². The largest absolute Gasteiger partial charge is 0.491 e. The molecule has 0 unspecified atom stereocenters. The van der Waals surface area contributed by atoms with E-state index in [4.69, 9.17) is 21.6 Å². The number of rotatable bonds is 1. The zero-order valence-electron chi connectivity index (χ0n) is 6.59. The van der Waals surface area contributed by atoms with Crippen LogP contribution in [0.5, 0.6) is 0 Å². The lowest BCUT2D eigenvalue weighted by Crippen LogP contribution is -2.32. The van der Waals surface area contributed by atoms with Gasteiger partial charge < -0.3 is 10.0 Å². The summed E-state index contributed by atoms with van der Waals surface area (Å²) < 4.78 is 36.2. The summed E-state index contributed by atoms with van der Waals surface area (Å²) in [6.07, 6.45) is -3.92. The predicted molar refractivity (Wildman–Crippen MR) is 44.1 cm³/mol. The van der Waals surface area contributed by atoms with Gasteiger partial charge in [0, 0.05) is 16.7 Å². The van der Waals surface area contributed by atoms with Crippen LogP contribution in [0.4, 0.5) is 13.2 Å². The van der Waals surface area contributed by atoms with Crippen molar-refractivity contribution in [1.82, 2.24) is 4.98 Å². The van der Waals surface area contributed by atoms with E-state index in [1.165, 1.54) is 0 Å². The maximum atomic E-state index is 12.1. The highest BCUT2D eigenvalue weighted by atomic mass is 35.5. The van der Waals surface area contributed by atoms with Crippen molar-refractivity contribution in [3.8, 4) is 0 Å². The van der Waals surface area contributed by atoms with Crippen molar-refractivity contribution in [2.45, 2.75) is 6.18 Å². The van der Waals surface area contributed by atoms with Crippen LogP contribution in [0.1, 0.15) is 5.69 Å². The van der Waals surface area contributed by atoms with E-state index < -0.39 is 19.0 Å². The van der Waals surface area contributed by atoms with Crippen LogP contribution in [0.2, 0.25) is 5.02 Å². The Morgan fingerprint density at radius 3 is 2.29 bits per heavy atom. The third kappa shape index (κ3) is 2.37. The highest BCUT2D eigenvalue weighted by molar-refractivity contribution is 6.62. The molecule has 0 atom stereocenters. The van der Waals surface area contributed by atoms with E-state index in [-0.39, 0.29) is 10.5 Å². The molecular formula is C6H4BClF3NO2. The molecule has 0 aliphatic heterocycles. The molecule has 2 N–H and O–H groups in total. The van der Waals surface area contributed by atoms with Gasteiger partial charge in [-0.1, -0.05) is 11.6 Å². The Morgan fingerprint density at radius 1 is 1.36 bits per heavy atom. The minimum Gasteiger partial charge on any atom is -0.423 e.